The number of esters is 1. The van der Waals surface area contributed by atoms with Crippen molar-refractivity contribution in [2.24, 2.45) is 0 Å². The highest BCUT2D eigenvalue weighted by Crippen LogP contribution is 2.45. The van der Waals surface area contributed by atoms with Gasteiger partial charge in [0.05, 0.1) is 5.57 Å². The molecule has 3 aromatic rings. The molecular formula is C32H30ClNO4. The standard InChI is InChI=1S/C32H30ClNO4/c1-20-8-10-23(11-9-20)30-29(32(36)38-17-16-37-26-6-4-3-5-7-26)21(2)34-27-18-24(19-28(35)31(27)30)22-12-14-25(33)15-13-22/h3-15,24,30,34H,16-19H2,1-2H3/t24-,30-/m0/s1. The molecule has 0 spiro atoms. The zero-order valence-corrected chi connectivity index (χ0v) is 22.3. The van der Waals surface area contributed by atoms with Crippen molar-refractivity contribution in [2.75, 3.05) is 13.2 Å². The van der Waals surface area contributed by atoms with E-state index >= 15 is 0 Å². The van der Waals surface area contributed by atoms with Gasteiger partial charge in [-0.3, -0.25) is 4.79 Å². The predicted octanol–water partition coefficient (Wildman–Crippen LogP) is 6.63. The number of hydrogen-bond donors (Lipinski definition) is 1. The topological polar surface area (TPSA) is 64.6 Å². The SMILES string of the molecule is CC1=C(C(=O)OCCOc2ccccc2)[C@H](c2ccc(C)cc2)C2=C(C[C@H](c3ccc(Cl)cc3)CC2=O)N1. The van der Waals surface area contributed by atoms with E-state index in [4.69, 9.17) is 21.1 Å². The largest absolute Gasteiger partial charge is 0.490 e. The van der Waals surface area contributed by atoms with E-state index in [2.05, 4.69) is 5.32 Å². The van der Waals surface area contributed by atoms with Gasteiger partial charge in [-0.15, -0.1) is 0 Å². The van der Waals surface area contributed by atoms with Gasteiger partial charge in [-0.1, -0.05) is 71.8 Å². The van der Waals surface area contributed by atoms with Gasteiger partial charge in [0.2, 0.25) is 0 Å². The van der Waals surface area contributed by atoms with Gasteiger partial charge in [0.25, 0.3) is 0 Å². The highest BCUT2D eigenvalue weighted by Gasteiger charge is 2.41. The Morgan fingerprint density at radius 3 is 2.29 bits per heavy atom. The lowest BCUT2D eigenvalue weighted by Gasteiger charge is -2.36. The fourth-order valence-electron chi connectivity index (χ4n) is 5.26. The molecule has 1 aliphatic carbocycles. The molecule has 0 aromatic heterocycles. The maximum absolute atomic E-state index is 13.7. The van der Waals surface area contributed by atoms with Crippen LogP contribution in [-0.2, 0) is 14.3 Å². The Bertz CT molecular complexity index is 1390. The molecule has 5 nitrogen and oxygen atoms in total. The zero-order valence-electron chi connectivity index (χ0n) is 21.5. The Morgan fingerprint density at radius 1 is 0.895 bits per heavy atom. The fourth-order valence-corrected chi connectivity index (χ4v) is 5.39. The number of nitrogens with one attached hydrogen (secondary N) is 1. The summed E-state index contributed by atoms with van der Waals surface area (Å²) in [6.45, 7) is 4.23. The molecule has 194 valence electrons. The van der Waals surface area contributed by atoms with Crippen molar-refractivity contribution in [3.8, 4) is 5.75 Å². The third kappa shape index (κ3) is 5.53. The summed E-state index contributed by atoms with van der Waals surface area (Å²) in [6, 6.07) is 25.1. The minimum Gasteiger partial charge on any atom is -0.490 e. The maximum atomic E-state index is 13.7. The molecule has 0 saturated heterocycles. The van der Waals surface area contributed by atoms with Crippen molar-refractivity contribution in [3.63, 3.8) is 0 Å². The summed E-state index contributed by atoms with van der Waals surface area (Å²) in [5.74, 6) is -0.145. The summed E-state index contributed by atoms with van der Waals surface area (Å²) >= 11 is 6.08. The highest BCUT2D eigenvalue weighted by atomic mass is 35.5. The second-order valence-electron chi connectivity index (χ2n) is 9.78. The van der Waals surface area contributed by atoms with Gasteiger partial charge in [-0.25, -0.2) is 4.79 Å². The highest BCUT2D eigenvalue weighted by molar-refractivity contribution is 6.30. The molecular weight excluding hydrogens is 498 g/mol. The van der Waals surface area contributed by atoms with Crippen LogP contribution < -0.4 is 10.1 Å². The molecule has 0 unspecified atom stereocenters. The molecule has 0 bridgehead atoms. The molecule has 38 heavy (non-hydrogen) atoms. The van der Waals surface area contributed by atoms with E-state index in [0.29, 0.717) is 40.5 Å². The van der Waals surface area contributed by atoms with Crippen molar-refractivity contribution in [1.29, 1.82) is 0 Å². The number of dihydropyridines is 1. The van der Waals surface area contributed by atoms with E-state index < -0.39 is 11.9 Å². The van der Waals surface area contributed by atoms with Gasteiger partial charge < -0.3 is 14.8 Å². The van der Waals surface area contributed by atoms with Crippen molar-refractivity contribution in [3.05, 3.63) is 123 Å². The molecule has 2 atom stereocenters. The first-order valence-electron chi connectivity index (χ1n) is 12.8. The van der Waals surface area contributed by atoms with Crippen LogP contribution >= 0.6 is 11.6 Å². The van der Waals surface area contributed by atoms with E-state index in [1.54, 1.807) is 0 Å². The Hall–Kier alpha value is -3.83. The third-order valence-electron chi connectivity index (χ3n) is 7.13. The number of halogens is 1. The molecule has 0 fully saturated rings. The van der Waals surface area contributed by atoms with E-state index in [9.17, 15) is 9.59 Å². The number of para-hydroxylation sites is 1. The Labute approximate surface area is 228 Å². The van der Waals surface area contributed by atoms with E-state index in [1.807, 2.05) is 92.7 Å². The number of hydrogen-bond acceptors (Lipinski definition) is 5. The van der Waals surface area contributed by atoms with Crippen LogP contribution in [-0.4, -0.2) is 25.0 Å². The second kappa shape index (κ2) is 11.3. The number of carbonyl (C=O) groups excluding carboxylic acids is 2. The maximum Gasteiger partial charge on any atom is 0.336 e. The first kappa shape index (κ1) is 25.8. The summed E-state index contributed by atoms with van der Waals surface area (Å²) in [4.78, 5) is 27.2. The lowest BCUT2D eigenvalue weighted by molar-refractivity contribution is -0.140. The van der Waals surface area contributed by atoms with Crippen molar-refractivity contribution in [2.45, 2.75) is 38.5 Å². The van der Waals surface area contributed by atoms with Gasteiger partial charge in [-0.05, 0) is 61.6 Å². The normalized spacial score (nSPS) is 19.1. The van der Waals surface area contributed by atoms with Crippen LogP contribution in [0.1, 0.15) is 48.3 Å². The van der Waals surface area contributed by atoms with Gasteiger partial charge in [0.15, 0.2) is 5.78 Å². The summed E-state index contributed by atoms with van der Waals surface area (Å²) < 4.78 is 11.3. The van der Waals surface area contributed by atoms with Gasteiger partial charge in [0.1, 0.15) is 19.0 Å². The number of aryl methyl sites for hydroxylation is 1. The minimum atomic E-state index is -0.493. The molecule has 0 saturated carbocycles. The van der Waals surface area contributed by atoms with Crippen molar-refractivity contribution >= 4 is 23.4 Å². The average Bonchev–Trinajstić information content (AvgIpc) is 2.91. The molecule has 5 rings (SSSR count). The summed E-state index contributed by atoms with van der Waals surface area (Å²) in [5.41, 5.74) is 5.77. The van der Waals surface area contributed by atoms with Crippen LogP contribution in [0.2, 0.25) is 5.02 Å². The van der Waals surface area contributed by atoms with Crippen LogP contribution in [0.5, 0.6) is 5.75 Å². The predicted molar refractivity (Wildman–Crippen MR) is 148 cm³/mol. The summed E-state index contributed by atoms with van der Waals surface area (Å²) in [7, 11) is 0. The minimum absolute atomic E-state index is 0.0366. The Kier molecular flexibility index (Phi) is 7.66. The number of rotatable bonds is 7. The van der Waals surface area contributed by atoms with Crippen molar-refractivity contribution in [1.82, 2.24) is 5.32 Å². The molecule has 6 heteroatoms. The molecule has 3 aromatic carbocycles. The van der Waals surface area contributed by atoms with Crippen LogP contribution in [0.25, 0.3) is 0 Å². The van der Waals surface area contributed by atoms with Crippen molar-refractivity contribution < 1.29 is 19.1 Å². The summed E-state index contributed by atoms with van der Waals surface area (Å²) in [5, 5.41) is 4.07. The number of carbonyl (C=O) groups is 2. The summed E-state index contributed by atoms with van der Waals surface area (Å²) in [6.07, 6.45) is 1.05. The molecule has 0 amide bonds. The smallest absolute Gasteiger partial charge is 0.336 e. The third-order valence-corrected chi connectivity index (χ3v) is 7.38. The quantitative estimate of drug-likeness (QED) is 0.276. The van der Waals surface area contributed by atoms with Gasteiger partial charge in [0, 0.05) is 34.3 Å². The molecule has 1 N–H and O–H groups in total. The Balaban J connectivity index is 1.41. The van der Waals surface area contributed by atoms with E-state index in [1.165, 1.54) is 0 Å². The average molecular weight is 528 g/mol. The van der Waals surface area contributed by atoms with Crippen LogP contribution in [0.3, 0.4) is 0 Å². The van der Waals surface area contributed by atoms with E-state index in [-0.39, 0.29) is 24.9 Å². The number of ketones is 1. The molecule has 1 heterocycles. The second-order valence-corrected chi connectivity index (χ2v) is 10.2. The number of ether oxygens (including phenoxy) is 2. The first-order valence-corrected chi connectivity index (χ1v) is 13.2. The van der Waals surface area contributed by atoms with Crippen LogP contribution in [0.4, 0.5) is 0 Å². The van der Waals surface area contributed by atoms with Gasteiger partial charge >= 0.3 is 5.97 Å². The lowest BCUT2D eigenvalue weighted by Crippen LogP contribution is -2.36. The zero-order chi connectivity index (χ0) is 26.6. The van der Waals surface area contributed by atoms with Crippen LogP contribution in [0, 0.1) is 6.92 Å². The Morgan fingerprint density at radius 2 is 1.58 bits per heavy atom. The van der Waals surface area contributed by atoms with Crippen LogP contribution in [0.15, 0.2) is 101 Å². The molecule has 1 aliphatic heterocycles. The number of allylic oxidation sites excluding steroid dienone is 3. The number of benzene rings is 3. The molecule has 2 aliphatic rings. The lowest BCUT2D eigenvalue weighted by atomic mass is 9.71. The monoisotopic (exact) mass is 527 g/mol. The van der Waals surface area contributed by atoms with Gasteiger partial charge in [-0.2, -0.15) is 0 Å². The fraction of sp³-hybridized carbons (Fsp3) is 0.250. The molecule has 0 radical (unpaired) electrons. The number of Topliss-reactive ketones (excluding diaryl/α,β-unsaturated/α-hetero) is 1. The van der Waals surface area contributed by atoms with E-state index in [0.717, 1.165) is 22.4 Å². The first-order chi connectivity index (χ1) is 18.4.